The molecule has 0 saturated carbocycles. The Bertz CT molecular complexity index is 235. The number of carbonyl (C=O) groups excluding carboxylic acids is 1. The molecule has 0 amide bonds. The van der Waals surface area contributed by atoms with Gasteiger partial charge in [-0.2, -0.15) is 0 Å². The number of hydrogen-bond donors (Lipinski definition) is 0. The van der Waals surface area contributed by atoms with Gasteiger partial charge in [-0.25, -0.2) is 4.79 Å². The minimum atomic E-state index is -0.169. The molecule has 1 atom stereocenters. The van der Waals surface area contributed by atoms with Crippen molar-refractivity contribution in [3.8, 4) is 0 Å². The van der Waals surface area contributed by atoms with E-state index in [4.69, 9.17) is 4.74 Å². The summed E-state index contributed by atoms with van der Waals surface area (Å²) in [6, 6.07) is 0. The van der Waals surface area contributed by atoms with Gasteiger partial charge >= 0.3 is 5.97 Å². The molecule has 0 aromatic rings. The zero-order chi connectivity index (χ0) is 9.90. The number of rotatable bonds is 3. The molecule has 0 N–H and O–H groups in total. The molecule has 1 unspecified atom stereocenters. The van der Waals surface area contributed by atoms with Crippen LogP contribution in [0.2, 0.25) is 0 Å². The fraction of sp³-hybridized carbons (Fsp3) is 0.600. The van der Waals surface area contributed by atoms with E-state index in [0.717, 1.165) is 29.7 Å². The van der Waals surface area contributed by atoms with Crippen molar-refractivity contribution in [2.24, 2.45) is 0 Å². The van der Waals surface area contributed by atoms with Crippen molar-refractivity contribution in [3.05, 3.63) is 18.6 Å². The Kier molecular flexibility index (Phi) is 3.09. The molecule has 0 aromatic carbocycles. The van der Waals surface area contributed by atoms with E-state index >= 15 is 0 Å². The fourth-order valence-corrected chi connectivity index (χ4v) is 1.41. The van der Waals surface area contributed by atoms with Crippen LogP contribution in [0.15, 0.2) is 11.6 Å². The molecular formula is C10H17NO2+. The third-order valence-corrected chi connectivity index (χ3v) is 2.41. The summed E-state index contributed by atoms with van der Waals surface area (Å²) in [5, 5.41) is 0. The van der Waals surface area contributed by atoms with Gasteiger partial charge in [0.05, 0.1) is 32.3 Å². The number of ether oxygens (including phenoxy) is 1. The SMILES string of the molecule is [CH2]C[N+]1(C)CC=C(C(=O)OCC)C1. The van der Waals surface area contributed by atoms with Crippen LogP contribution in [0.25, 0.3) is 0 Å². The largest absolute Gasteiger partial charge is 0.462 e. The van der Waals surface area contributed by atoms with Crippen molar-refractivity contribution in [3.63, 3.8) is 0 Å². The smallest absolute Gasteiger partial charge is 0.339 e. The van der Waals surface area contributed by atoms with Gasteiger partial charge in [-0.1, -0.05) is 0 Å². The van der Waals surface area contributed by atoms with Gasteiger partial charge in [-0.15, -0.1) is 0 Å². The molecule has 73 valence electrons. The minimum Gasteiger partial charge on any atom is -0.462 e. The summed E-state index contributed by atoms with van der Waals surface area (Å²) in [5.41, 5.74) is 0.799. The van der Waals surface area contributed by atoms with E-state index in [0.29, 0.717) is 6.61 Å². The molecule has 0 bridgehead atoms. The van der Waals surface area contributed by atoms with E-state index in [1.54, 1.807) is 0 Å². The number of nitrogens with zero attached hydrogens (tertiary/aromatic N) is 1. The second-order valence-electron chi connectivity index (χ2n) is 3.63. The van der Waals surface area contributed by atoms with Gasteiger partial charge in [0.2, 0.25) is 0 Å². The molecule has 1 radical (unpaired) electrons. The fourth-order valence-electron chi connectivity index (χ4n) is 1.41. The highest BCUT2D eigenvalue weighted by atomic mass is 16.5. The lowest BCUT2D eigenvalue weighted by Crippen LogP contribution is -2.42. The monoisotopic (exact) mass is 183 g/mol. The molecule has 1 heterocycles. The van der Waals surface area contributed by atoms with Crippen LogP contribution >= 0.6 is 0 Å². The molecule has 0 aromatic heterocycles. The maximum Gasteiger partial charge on any atom is 0.339 e. The number of likely N-dealkylation sites (N-methyl/N-ethyl adjacent to an activating group) is 1. The van der Waals surface area contributed by atoms with Gasteiger partial charge in [0, 0.05) is 6.92 Å². The molecule has 0 fully saturated rings. The van der Waals surface area contributed by atoms with Crippen LogP contribution in [0, 0.1) is 6.92 Å². The molecule has 0 aliphatic carbocycles. The van der Waals surface area contributed by atoms with Crippen molar-refractivity contribution in [2.75, 3.05) is 33.3 Å². The summed E-state index contributed by atoms with van der Waals surface area (Å²) in [5.74, 6) is -0.169. The van der Waals surface area contributed by atoms with Crippen LogP contribution < -0.4 is 0 Å². The highest BCUT2D eigenvalue weighted by Gasteiger charge is 2.30. The number of carbonyl (C=O) groups is 1. The second kappa shape index (κ2) is 3.92. The van der Waals surface area contributed by atoms with Crippen LogP contribution in [0.4, 0.5) is 0 Å². The van der Waals surface area contributed by atoms with Gasteiger partial charge < -0.3 is 9.22 Å². The summed E-state index contributed by atoms with van der Waals surface area (Å²) in [7, 11) is 2.09. The normalized spacial score (nSPS) is 27.2. The van der Waals surface area contributed by atoms with Gasteiger partial charge in [0.25, 0.3) is 0 Å². The molecule has 3 heteroatoms. The van der Waals surface area contributed by atoms with Gasteiger partial charge in [0.15, 0.2) is 0 Å². The zero-order valence-electron chi connectivity index (χ0n) is 8.38. The lowest BCUT2D eigenvalue weighted by molar-refractivity contribution is -0.888. The Morgan fingerprint density at radius 1 is 1.77 bits per heavy atom. The number of quaternary nitrogens is 1. The average molecular weight is 183 g/mol. The second-order valence-corrected chi connectivity index (χ2v) is 3.63. The molecule has 1 aliphatic heterocycles. The molecule has 1 rings (SSSR count). The Balaban J connectivity index is 2.53. The Labute approximate surface area is 79.6 Å². The van der Waals surface area contributed by atoms with Crippen LogP contribution in [-0.2, 0) is 9.53 Å². The van der Waals surface area contributed by atoms with Crippen LogP contribution in [0.5, 0.6) is 0 Å². The van der Waals surface area contributed by atoms with Crippen molar-refractivity contribution >= 4 is 5.97 Å². The third-order valence-electron chi connectivity index (χ3n) is 2.41. The zero-order valence-corrected chi connectivity index (χ0v) is 8.38. The number of hydrogen-bond acceptors (Lipinski definition) is 2. The first-order valence-corrected chi connectivity index (χ1v) is 4.60. The highest BCUT2D eigenvalue weighted by Crippen LogP contribution is 2.16. The highest BCUT2D eigenvalue weighted by molar-refractivity contribution is 5.89. The molecule has 0 saturated heterocycles. The van der Waals surface area contributed by atoms with Crippen LogP contribution in [-0.4, -0.2) is 43.7 Å². The van der Waals surface area contributed by atoms with E-state index < -0.39 is 0 Å². The first-order valence-electron chi connectivity index (χ1n) is 4.60. The van der Waals surface area contributed by atoms with E-state index in [-0.39, 0.29) is 5.97 Å². The summed E-state index contributed by atoms with van der Waals surface area (Å²) in [6.07, 6.45) is 1.96. The molecule has 1 aliphatic rings. The molecule has 0 spiro atoms. The van der Waals surface area contributed by atoms with Crippen LogP contribution in [0.3, 0.4) is 0 Å². The van der Waals surface area contributed by atoms with Crippen molar-refractivity contribution in [2.45, 2.75) is 6.92 Å². The maximum absolute atomic E-state index is 11.3. The predicted molar refractivity (Wildman–Crippen MR) is 50.9 cm³/mol. The Morgan fingerprint density at radius 2 is 2.46 bits per heavy atom. The predicted octanol–water partition coefficient (Wildman–Crippen LogP) is 0.770. The summed E-state index contributed by atoms with van der Waals surface area (Å²) < 4.78 is 5.74. The first kappa shape index (κ1) is 10.3. The molecule has 3 nitrogen and oxygen atoms in total. The van der Waals surface area contributed by atoms with Crippen molar-refractivity contribution in [1.82, 2.24) is 0 Å². The van der Waals surface area contributed by atoms with Crippen molar-refractivity contribution in [1.29, 1.82) is 0 Å². The van der Waals surface area contributed by atoms with E-state index in [2.05, 4.69) is 14.0 Å². The summed E-state index contributed by atoms with van der Waals surface area (Å²) >= 11 is 0. The van der Waals surface area contributed by atoms with E-state index in [1.165, 1.54) is 0 Å². The Hall–Kier alpha value is -0.830. The average Bonchev–Trinajstić information content (AvgIpc) is 2.50. The van der Waals surface area contributed by atoms with Crippen molar-refractivity contribution < 1.29 is 14.0 Å². The van der Waals surface area contributed by atoms with Gasteiger partial charge in [-0.3, -0.25) is 0 Å². The first-order chi connectivity index (χ1) is 6.11. The standard InChI is InChI=1S/C10H17NO2/c1-4-11(3)7-6-9(8-11)10(12)13-5-2/h6H,1,4-5,7-8H2,2-3H3/q+1. The van der Waals surface area contributed by atoms with E-state index in [1.807, 2.05) is 13.0 Å². The van der Waals surface area contributed by atoms with Gasteiger partial charge in [-0.05, 0) is 13.0 Å². The molecular weight excluding hydrogens is 166 g/mol. The van der Waals surface area contributed by atoms with Gasteiger partial charge in [0.1, 0.15) is 6.54 Å². The van der Waals surface area contributed by atoms with Crippen LogP contribution in [0.1, 0.15) is 6.92 Å². The Morgan fingerprint density at radius 3 is 2.92 bits per heavy atom. The summed E-state index contributed by atoms with van der Waals surface area (Å²) in [6.45, 7) is 8.58. The summed E-state index contributed by atoms with van der Waals surface area (Å²) in [4.78, 5) is 11.3. The lowest BCUT2D eigenvalue weighted by atomic mass is 10.3. The van der Waals surface area contributed by atoms with E-state index in [9.17, 15) is 4.79 Å². The maximum atomic E-state index is 11.3. The molecule has 13 heavy (non-hydrogen) atoms. The third kappa shape index (κ3) is 2.31. The lowest BCUT2D eigenvalue weighted by Gasteiger charge is -2.27. The number of esters is 1. The quantitative estimate of drug-likeness (QED) is 0.477. The minimum absolute atomic E-state index is 0.169. The topological polar surface area (TPSA) is 26.3 Å².